The Morgan fingerprint density at radius 2 is 1.23 bits per heavy atom. The lowest BCUT2D eigenvalue weighted by Crippen LogP contribution is -2.49. The standard InChI is InChI=1S/C25H26O14/c26-8-2-1-7(3-9(8)27)13-4-10(28)14-19(33)15(24-21(35)17(31)11(29)5-37-24)20(34)16(23(14)39-13)25-22(36)18(32)12(30)6-38-25/h1-4,11-12,17-18,21-22,24-27,29-36H,5-6H2/t11-,12-,17+,18+,21-,22-,24+,25+/m1/s1. The minimum atomic E-state index is -1.88. The third-order valence-electron chi connectivity index (χ3n) is 7.03. The highest BCUT2D eigenvalue weighted by atomic mass is 16.5. The molecule has 0 spiro atoms. The van der Waals surface area contributed by atoms with Gasteiger partial charge >= 0.3 is 0 Å². The average molecular weight is 550 g/mol. The van der Waals surface area contributed by atoms with Gasteiger partial charge in [-0.25, -0.2) is 0 Å². The van der Waals surface area contributed by atoms with Crippen molar-refractivity contribution >= 4 is 11.0 Å². The van der Waals surface area contributed by atoms with Gasteiger partial charge in [0.1, 0.15) is 71.5 Å². The number of aliphatic hydroxyl groups is 6. The summed E-state index contributed by atoms with van der Waals surface area (Å²) >= 11 is 0. The Hall–Kier alpha value is -3.47. The van der Waals surface area contributed by atoms with Gasteiger partial charge in [-0.1, -0.05) is 0 Å². The highest BCUT2D eigenvalue weighted by Crippen LogP contribution is 2.50. The molecule has 2 saturated heterocycles. The Labute approximate surface area is 218 Å². The molecule has 39 heavy (non-hydrogen) atoms. The second kappa shape index (κ2) is 9.93. The van der Waals surface area contributed by atoms with Crippen molar-refractivity contribution in [3.63, 3.8) is 0 Å². The van der Waals surface area contributed by atoms with Crippen molar-refractivity contribution in [3.05, 3.63) is 45.6 Å². The van der Waals surface area contributed by atoms with E-state index in [1.807, 2.05) is 0 Å². The molecule has 14 nitrogen and oxygen atoms in total. The molecule has 2 aromatic carbocycles. The van der Waals surface area contributed by atoms with E-state index in [-0.39, 0.29) is 11.3 Å². The number of aromatic hydroxyl groups is 4. The van der Waals surface area contributed by atoms with Gasteiger partial charge in [-0.3, -0.25) is 4.79 Å². The minimum Gasteiger partial charge on any atom is -0.507 e. The van der Waals surface area contributed by atoms with Crippen LogP contribution in [0.1, 0.15) is 23.3 Å². The summed E-state index contributed by atoms with van der Waals surface area (Å²) in [6.07, 6.45) is -13.6. The average Bonchev–Trinajstić information content (AvgIpc) is 2.89. The Bertz CT molecular complexity index is 1470. The van der Waals surface area contributed by atoms with E-state index in [1.165, 1.54) is 6.07 Å². The molecule has 3 aromatic rings. The van der Waals surface area contributed by atoms with Gasteiger partial charge in [0.25, 0.3) is 0 Å². The zero-order chi connectivity index (χ0) is 28.3. The molecular weight excluding hydrogens is 524 g/mol. The maximum Gasteiger partial charge on any atom is 0.197 e. The zero-order valence-electron chi connectivity index (χ0n) is 19.9. The summed E-state index contributed by atoms with van der Waals surface area (Å²) < 4.78 is 16.7. The van der Waals surface area contributed by atoms with E-state index < -0.39 is 113 Å². The lowest BCUT2D eigenvalue weighted by atomic mass is 9.87. The highest BCUT2D eigenvalue weighted by Gasteiger charge is 2.46. The molecular formula is C25H26O14. The van der Waals surface area contributed by atoms with Crippen LogP contribution in [0.3, 0.4) is 0 Å². The van der Waals surface area contributed by atoms with Crippen LogP contribution in [0.5, 0.6) is 23.0 Å². The summed E-state index contributed by atoms with van der Waals surface area (Å²) in [4.78, 5) is 13.3. The minimum absolute atomic E-state index is 0.0991. The summed E-state index contributed by atoms with van der Waals surface area (Å²) in [5.74, 6) is -2.99. The van der Waals surface area contributed by atoms with E-state index in [2.05, 4.69) is 0 Å². The quantitative estimate of drug-likeness (QED) is 0.168. The first-order valence-electron chi connectivity index (χ1n) is 11.8. The second-order valence-corrected chi connectivity index (χ2v) is 9.51. The molecule has 14 heteroatoms. The fourth-order valence-electron chi connectivity index (χ4n) is 4.88. The number of hydrogen-bond donors (Lipinski definition) is 10. The van der Waals surface area contributed by atoms with Gasteiger partial charge in [0.2, 0.25) is 0 Å². The third-order valence-corrected chi connectivity index (χ3v) is 7.03. The summed E-state index contributed by atoms with van der Waals surface area (Å²) in [5, 5.41) is 103. The van der Waals surface area contributed by atoms with Crippen molar-refractivity contribution in [2.75, 3.05) is 13.2 Å². The summed E-state index contributed by atoms with van der Waals surface area (Å²) in [7, 11) is 0. The lowest BCUT2D eigenvalue weighted by molar-refractivity contribution is -0.191. The van der Waals surface area contributed by atoms with Crippen LogP contribution in [-0.4, -0.2) is 101 Å². The van der Waals surface area contributed by atoms with Crippen LogP contribution >= 0.6 is 0 Å². The van der Waals surface area contributed by atoms with Crippen LogP contribution in [0.4, 0.5) is 0 Å². The Balaban J connectivity index is 1.80. The Morgan fingerprint density at radius 1 is 0.667 bits per heavy atom. The molecule has 0 saturated carbocycles. The third kappa shape index (κ3) is 4.36. The van der Waals surface area contributed by atoms with Gasteiger partial charge in [0.15, 0.2) is 22.5 Å². The van der Waals surface area contributed by atoms with E-state index in [0.29, 0.717) is 0 Å². The van der Waals surface area contributed by atoms with Crippen molar-refractivity contribution < 1.29 is 65.0 Å². The van der Waals surface area contributed by atoms with Crippen molar-refractivity contribution in [1.82, 2.24) is 0 Å². The van der Waals surface area contributed by atoms with E-state index >= 15 is 0 Å². The van der Waals surface area contributed by atoms with Crippen molar-refractivity contribution in [2.24, 2.45) is 0 Å². The Kier molecular flexibility index (Phi) is 6.90. The molecule has 1 aromatic heterocycles. The fraction of sp³-hybridized carbons (Fsp3) is 0.400. The molecule has 10 N–H and O–H groups in total. The van der Waals surface area contributed by atoms with Crippen LogP contribution < -0.4 is 5.43 Å². The van der Waals surface area contributed by atoms with Crippen molar-refractivity contribution in [1.29, 1.82) is 0 Å². The maximum atomic E-state index is 13.3. The van der Waals surface area contributed by atoms with E-state index in [0.717, 1.165) is 18.2 Å². The molecule has 0 bridgehead atoms. The molecule has 2 aliphatic heterocycles. The van der Waals surface area contributed by atoms with Crippen LogP contribution in [0, 0.1) is 0 Å². The molecule has 2 fully saturated rings. The molecule has 210 valence electrons. The molecule has 3 heterocycles. The monoisotopic (exact) mass is 550 g/mol. The van der Waals surface area contributed by atoms with E-state index in [1.54, 1.807) is 0 Å². The first-order chi connectivity index (χ1) is 18.4. The second-order valence-electron chi connectivity index (χ2n) is 9.51. The van der Waals surface area contributed by atoms with Crippen LogP contribution in [0.2, 0.25) is 0 Å². The summed E-state index contributed by atoms with van der Waals surface area (Å²) in [6, 6.07) is 4.45. The summed E-state index contributed by atoms with van der Waals surface area (Å²) in [6.45, 7) is -1.02. The van der Waals surface area contributed by atoms with Crippen molar-refractivity contribution in [2.45, 2.75) is 48.8 Å². The van der Waals surface area contributed by atoms with Gasteiger partial charge in [0.05, 0.1) is 24.3 Å². The zero-order valence-corrected chi connectivity index (χ0v) is 19.9. The molecule has 0 radical (unpaired) electrons. The predicted octanol–water partition coefficient (Wildman–Crippen LogP) is -1.41. The largest absolute Gasteiger partial charge is 0.507 e. The van der Waals surface area contributed by atoms with E-state index in [9.17, 15) is 55.9 Å². The number of phenolic OH excluding ortho intramolecular Hbond substituents is 4. The SMILES string of the molecule is O=c1cc(-c2ccc(O)c(O)c2)oc2c([C@@H]3OC[C@@H](O)[C@H](O)[C@H]3O)c(O)c([C@@H]3OC[C@@H](O)[C@H](O)[C@H]3O)c(O)c12. The number of ether oxygens (including phenoxy) is 2. The maximum absolute atomic E-state index is 13.3. The number of phenols is 4. The van der Waals surface area contributed by atoms with Crippen LogP contribution in [-0.2, 0) is 9.47 Å². The molecule has 8 atom stereocenters. The lowest BCUT2D eigenvalue weighted by Gasteiger charge is -2.38. The van der Waals surface area contributed by atoms with Gasteiger partial charge < -0.3 is 65.0 Å². The Morgan fingerprint density at radius 3 is 1.79 bits per heavy atom. The summed E-state index contributed by atoms with van der Waals surface area (Å²) in [5.41, 5.74) is -2.36. The molecule has 5 rings (SSSR count). The first kappa shape index (κ1) is 27.1. The van der Waals surface area contributed by atoms with Gasteiger partial charge in [-0.2, -0.15) is 0 Å². The number of hydrogen-bond acceptors (Lipinski definition) is 14. The molecule has 0 aliphatic carbocycles. The number of aliphatic hydroxyl groups excluding tert-OH is 6. The fourth-order valence-corrected chi connectivity index (χ4v) is 4.88. The normalized spacial score (nSPS) is 31.4. The molecule has 2 aliphatic rings. The van der Waals surface area contributed by atoms with Crippen LogP contribution in [0.15, 0.2) is 33.5 Å². The number of fused-ring (bicyclic) bond motifs is 1. The molecule has 0 unspecified atom stereocenters. The van der Waals surface area contributed by atoms with Crippen molar-refractivity contribution in [3.8, 4) is 34.3 Å². The van der Waals surface area contributed by atoms with Gasteiger partial charge in [0, 0.05) is 11.6 Å². The van der Waals surface area contributed by atoms with E-state index in [4.69, 9.17) is 13.9 Å². The predicted molar refractivity (Wildman–Crippen MR) is 128 cm³/mol. The first-order valence-corrected chi connectivity index (χ1v) is 11.8. The number of rotatable bonds is 3. The smallest absolute Gasteiger partial charge is 0.197 e. The van der Waals surface area contributed by atoms with Crippen LogP contribution in [0.25, 0.3) is 22.3 Å². The highest BCUT2D eigenvalue weighted by molar-refractivity contribution is 5.92. The molecule has 0 amide bonds. The van der Waals surface area contributed by atoms with Gasteiger partial charge in [-0.15, -0.1) is 0 Å². The van der Waals surface area contributed by atoms with Gasteiger partial charge in [-0.05, 0) is 18.2 Å². The topological polar surface area (TPSA) is 251 Å². The number of benzene rings is 2.